The molecule has 0 radical (unpaired) electrons. The zero-order valence-corrected chi connectivity index (χ0v) is 19.2. The van der Waals surface area contributed by atoms with Gasteiger partial charge in [0.05, 0.1) is 16.2 Å². The van der Waals surface area contributed by atoms with E-state index in [2.05, 4.69) is 24.1 Å². The van der Waals surface area contributed by atoms with Gasteiger partial charge >= 0.3 is 12.0 Å². The summed E-state index contributed by atoms with van der Waals surface area (Å²) in [5.74, 6) is 0.238. The van der Waals surface area contributed by atoms with Crippen molar-refractivity contribution >= 4 is 40.2 Å². The molecule has 29 heavy (non-hydrogen) atoms. The summed E-state index contributed by atoms with van der Waals surface area (Å²) in [6.45, 7) is 8.66. The summed E-state index contributed by atoms with van der Waals surface area (Å²) >= 11 is 2.53. The normalized spacial score (nSPS) is 19.3. The van der Waals surface area contributed by atoms with Crippen molar-refractivity contribution in [1.29, 1.82) is 0 Å². The molecule has 0 aromatic carbocycles. The van der Waals surface area contributed by atoms with Crippen LogP contribution in [-0.2, 0) is 9.53 Å². The number of nitrogens with one attached hydrogen (secondary N) is 1. The molecule has 2 amide bonds. The molecule has 2 rings (SSSR count). The van der Waals surface area contributed by atoms with E-state index in [1.54, 1.807) is 6.20 Å². The number of hydrogen-bond donors (Lipinski definition) is 2. The quantitative estimate of drug-likeness (QED) is 0.478. The van der Waals surface area contributed by atoms with Crippen molar-refractivity contribution in [2.24, 2.45) is 11.8 Å². The number of amides is 2. The SMILES string of the molecule is CCOC[C@H]1CC[C@H](N(CCC(C)C)C(=O)Nc2ncc(SCC(=O)O)s2)CC1. The molecule has 0 saturated heterocycles. The third-order valence-electron chi connectivity index (χ3n) is 5.06. The van der Waals surface area contributed by atoms with Crippen LogP contribution in [0.3, 0.4) is 0 Å². The maximum Gasteiger partial charge on any atom is 0.323 e. The third kappa shape index (κ3) is 8.52. The molecule has 2 N–H and O–H groups in total. The van der Waals surface area contributed by atoms with Gasteiger partial charge in [-0.05, 0) is 50.9 Å². The van der Waals surface area contributed by atoms with Crippen molar-refractivity contribution in [2.75, 3.05) is 30.8 Å². The number of urea groups is 1. The van der Waals surface area contributed by atoms with E-state index in [4.69, 9.17) is 9.84 Å². The van der Waals surface area contributed by atoms with Gasteiger partial charge in [-0.2, -0.15) is 0 Å². The number of rotatable bonds is 11. The summed E-state index contributed by atoms with van der Waals surface area (Å²) in [4.78, 5) is 29.9. The molecule has 1 fully saturated rings. The summed E-state index contributed by atoms with van der Waals surface area (Å²) < 4.78 is 6.36. The molecule has 7 nitrogen and oxygen atoms in total. The molecule has 0 bridgehead atoms. The van der Waals surface area contributed by atoms with Crippen LogP contribution in [0.5, 0.6) is 0 Å². The van der Waals surface area contributed by atoms with Gasteiger partial charge in [-0.15, -0.1) is 11.8 Å². The molecule has 0 atom stereocenters. The summed E-state index contributed by atoms with van der Waals surface area (Å²) in [5, 5.41) is 12.2. The first kappa shape index (κ1) is 24.0. The van der Waals surface area contributed by atoms with Crippen LogP contribution in [-0.4, -0.2) is 58.5 Å². The highest BCUT2D eigenvalue weighted by atomic mass is 32.2. The van der Waals surface area contributed by atoms with Crippen LogP contribution in [0.25, 0.3) is 0 Å². The first-order chi connectivity index (χ1) is 13.9. The Morgan fingerprint density at radius 3 is 2.72 bits per heavy atom. The van der Waals surface area contributed by atoms with Gasteiger partial charge in [0.2, 0.25) is 0 Å². The van der Waals surface area contributed by atoms with Gasteiger partial charge in [0, 0.05) is 25.8 Å². The predicted molar refractivity (Wildman–Crippen MR) is 118 cm³/mol. The zero-order valence-electron chi connectivity index (χ0n) is 17.6. The van der Waals surface area contributed by atoms with Crippen molar-refractivity contribution in [3.05, 3.63) is 6.20 Å². The first-order valence-electron chi connectivity index (χ1n) is 10.3. The molecule has 0 aliphatic heterocycles. The number of carboxylic acids is 1. The number of anilines is 1. The van der Waals surface area contributed by atoms with Gasteiger partial charge in [-0.25, -0.2) is 9.78 Å². The van der Waals surface area contributed by atoms with E-state index in [0.29, 0.717) is 17.0 Å². The van der Waals surface area contributed by atoms with Gasteiger partial charge < -0.3 is 14.7 Å². The van der Waals surface area contributed by atoms with Crippen LogP contribution in [0.2, 0.25) is 0 Å². The lowest BCUT2D eigenvalue weighted by Gasteiger charge is -2.37. The number of aromatic nitrogens is 1. The average Bonchev–Trinajstić information content (AvgIpc) is 3.13. The van der Waals surface area contributed by atoms with Gasteiger partial charge in [0.1, 0.15) is 0 Å². The zero-order chi connectivity index (χ0) is 21.2. The topological polar surface area (TPSA) is 91.8 Å². The van der Waals surface area contributed by atoms with Crippen LogP contribution < -0.4 is 5.32 Å². The Kier molecular flexibility index (Phi) is 10.2. The number of ether oxygens (including phenoxy) is 1. The van der Waals surface area contributed by atoms with E-state index in [9.17, 15) is 9.59 Å². The Morgan fingerprint density at radius 2 is 2.10 bits per heavy atom. The molecule has 9 heteroatoms. The maximum atomic E-state index is 13.0. The molecule has 1 aliphatic carbocycles. The fraction of sp³-hybridized carbons (Fsp3) is 0.750. The minimum atomic E-state index is -0.867. The van der Waals surface area contributed by atoms with Gasteiger partial charge in [-0.3, -0.25) is 10.1 Å². The average molecular weight is 444 g/mol. The van der Waals surface area contributed by atoms with E-state index < -0.39 is 5.97 Å². The largest absolute Gasteiger partial charge is 0.481 e. The van der Waals surface area contributed by atoms with Crippen LogP contribution in [0.4, 0.5) is 9.93 Å². The molecule has 0 spiro atoms. The minimum absolute atomic E-state index is 0.0128. The lowest BCUT2D eigenvalue weighted by atomic mass is 9.85. The van der Waals surface area contributed by atoms with Crippen molar-refractivity contribution in [1.82, 2.24) is 9.88 Å². The number of nitrogens with zero attached hydrogens (tertiary/aromatic N) is 2. The molecule has 1 aliphatic rings. The van der Waals surface area contributed by atoms with Crippen LogP contribution in [0.1, 0.15) is 52.9 Å². The second kappa shape index (κ2) is 12.4. The Labute approximate surface area is 181 Å². The molecular weight excluding hydrogens is 410 g/mol. The highest BCUT2D eigenvalue weighted by molar-refractivity contribution is 8.01. The lowest BCUT2D eigenvalue weighted by Crippen LogP contribution is -2.45. The second-order valence-corrected chi connectivity index (χ2v) is 10.1. The maximum absolute atomic E-state index is 13.0. The number of carboxylic acid groups (broad SMARTS) is 1. The van der Waals surface area contributed by atoms with Gasteiger partial charge in [0.15, 0.2) is 5.13 Å². The fourth-order valence-electron chi connectivity index (χ4n) is 3.43. The molecule has 1 aromatic heterocycles. The number of thiazole rings is 1. The first-order valence-corrected chi connectivity index (χ1v) is 12.1. The second-order valence-electron chi connectivity index (χ2n) is 7.81. The van der Waals surface area contributed by atoms with Crippen molar-refractivity contribution in [3.8, 4) is 0 Å². The minimum Gasteiger partial charge on any atom is -0.481 e. The summed E-state index contributed by atoms with van der Waals surface area (Å²) in [7, 11) is 0. The summed E-state index contributed by atoms with van der Waals surface area (Å²) in [6, 6.07) is 0.135. The van der Waals surface area contributed by atoms with Crippen LogP contribution in [0, 0.1) is 11.8 Å². The Hall–Kier alpha value is -1.32. The van der Waals surface area contributed by atoms with Crippen molar-refractivity contribution < 1.29 is 19.4 Å². The van der Waals surface area contributed by atoms with Gasteiger partial charge in [-0.1, -0.05) is 25.2 Å². The molecule has 1 saturated carbocycles. The predicted octanol–water partition coefficient (Wildman–Crippen LogP) is 4.80. The Balaban J connectivity index is 1.94. The third-order valence-corrected chi connectivity index (χ3v) is 7.15. The van der Waals surface area contributed by atoms with Crippen molar-refractivity contribution in [3.63, 3.8) is 0 Å². The fourth-order valence-corrected chi connectivity index (χ4v) is 5.02. The Morgan fingerprint density at radius 1 is 1.38 bits per heavy atom. The number of thioether (sulfide) groups is 1. The monoisotopic (exact) mass is 443 g/mol. The molecule has 1 aromatic rings. The molecule has 1 heterocycles. The number of carbonyl (C=O) groups excluding carboxylic acids is 1. The highest BCUT2D eigenvalue weighted by Gasteiger charge is 2.29. The number of carbonyl (C=O) groups is 2. The molecular formula is C20H33N3O4S2. The standard InChI is InChI=1S/C20H33N3O4S2/c1-4-27-12-15-5-7-16(8-6-15)23(10-9-14(2)3)20(26)22-19-21-11-18(29-19)28-13-17(24)25/h11,14-16H,4-10,12-13H2,1-3H3,(H,24,25)(H,21,22,26)/t15-,16-. The van der Waals surface area contributed by atoms with E-state index in [1.807, 2.05) is 11.8 Å². The van der Waals surface area contributed by atoms with E-state index in [1.165, 1.54) is 23.1 Å². The van der Waals surface area contributed by atoms with Crippen molar-refractivity contribution in [2.45, 2.75) is 63.1 Å². The Bertz CT molecular complexity index is 645. The number of aliphatic carboxylic acids is 1. The summed E-state index contributed by atoms with van der Waals surface area (Å²) in [6.07, 6.45) is 6.75. The van der Waals surface area contributed by atoms with Crippen LogP contribution >= 0.6 is 23.1 Å². The van der Waals surface area contributed by atoms with E-state index >= 15 is 0 Å². The summed E-state index contributed by atoms with van der Waals surface area (Å²) in [5.41, 5.74) is 0. The van der Waals surface area contributed by atoms with E-state index in [0.717, 1.165) is 56.1 Å². The van der Waals surface area contributed by atoms with E-state index in [-0.39, 0.29) is 17.8 Å². The molecule has 0 unspecified atom stereocenters. The smallest absolute Gasteiger partial charge is 0.323 e. The molecule has 164 valence electrons. The highest BCUT2D eigenvalue weighted by Crippen LogP contribution is 2.31. The van der Waals surface area contributed by atoms with Crippen LogP contribution in [0.15, 0.2) is 10.4 Å². The van der Waals surface area contributed by atoms with Gasteiger partial charge in [0.25, 0.3) is 0 Å². The lowest BCUT2D eigenvalue weighted by molar-refractivity contribution is -0.133. The number of hydrogen-bond acceptors (Lipinski definition) is 6.